The predicted octanol–water partition coefficient (Wildman–Crippen LogP) is 2.39. The van der Waals surface area contributed by atoms with Crippen LogP contribution >= 0.6 is 0 Å². The summed E-state index contributed by atoms with van der Waals surface area (Å²) in [5.41, 5.74) is 2.70. The molecule has 1 aliphatic rings. The van der Waals surface area contributed by atoms with Crippen LogP contribution in [0.3, 0.4) is 0 Å². The molecule has 0 aliphatic carbocycles. The molecular weight excluding hydrogens is 134 g/mol. The number of rotatable bonds is 2. The molecule has 60 valence electrons. The molecule has 11 heavy (non-hydrogen) atoms. The fourth-order valence-electron chi connectivity index (χ4n) is 1.29. The number of hydrogen-bond acceptors (Lipinski definition) is 1. The van der Waals surface area contributed by atoms with E-state index >= 15 is 0 Å². The second-order valence-electron chi connectivity index (χ2n) is 2.62. The number of allylic oxidation sites excluding steroid dienone is 4. The molecule has 0 radical (unpaired) electrons. The molecule has 0 saturated carbocycles. The van der Waals surface area contributed by atoms with Crippen molar-refractivity contribution in [3.8, 4) is 0 Å². The van der Waals surface area contributed by atoms with Gasteiger partial charge in [-0.2, -0.15) is 0 Å². The lowest BCUT2D eigenvalue weighted by atomic mass is 10.1. The van der Waals surface area contributed by atoms with Crippen LogP contribution in [-0.2, 0) is 0 Å². The van der Waals surface area contributed by atoms with Gasteiger partial charge in [0.25, 0.3) is 0 Å². The van der Waals surface area contributed by atoms with Crippen molar-refractivity contribution in [1.29, 1.82) is 0 Å². The molecule has 0 unspecified atom stereocenters. The quantitative estimate of drug-likeness (QED) is 0.635. The van der Waals surface area contributed by atoms with E-state index in [1.165, 1.54) is 11.3 Å². The summed E-state index contributed by atoms with van der Waals surface area (Å²) in [5.74, 6) is 0. The minimum absolute atomic E-state index is 1.08. The van der Waals surface area contributed by atoms with Gasteiger partial charge in [0.2, 0.25) is 0 Å². The summed E-state index contributed by atoms with van der Waals surface area (Å²) < 4.78 is 0. The lowest BCUT2D eigenvalue weighted by Crippen LogP contribution is -2.04. The molecule has 0 fully saturated rings. The highest BCUT2D eigenvalue weighted by Crippen LogP contribution is 2.15. The van der Waals surface area contributed by atoms with Gasteiger partial charge in [0.05, 0.1) is 0 Å². The summed E-state index contributed by atoms with van der Waals surface area (Å²) in [5, 5.41) is 3.33. The zero-order valence-corrected chi connectivity index (χ0v) is 7.22. The van der Waals surface area contributed by atoms with E-state index in [4.69, 9.17) is 0 Å². The summed E-state index contributed by atoms with van der Waals surface area (Å²) >= 11 is 0. The third-order valence-electron chi connectivity index (χ3n) is 1.76. The Morgan fingerprint density at radius 3 is 2.55 bits per heavy atom. The Kier molecular flexibility index (Phi) is 2.96. The van der Waals surface area contributed by atoms with Crippen LogP contribution in [0.2, 0.25) is 0 Å². The normalized spacial score (nSPS) is 18.7. The standard InChI is InChI=1S/C10H15N/c1-3-5-9-7-8-11-10(9)6-4-2/h3-6,11H,7-8H2,1-2H3/b5-3-,6-4-. The van der Waals surface area contributed by atoms with E-state index in [0.717, 1.165) is 13.0 Å². The van der Waals surface area contributed by atoms with E-state index < -0.39 is 0 Å². The Morgan fingerprint density at radius 1 is 1.18 bits per heavy atom. The molecule has 0 aromatic rings. The molecule has 0 aromatic heterocycles. The largest absolute Gasteiger partial charge is 0.384 e. The van der Waals surface area contributed by atoms with Gasteiger partial charge in [0, 0.05) is 12.2 Å². The molecule has 1 nitrogen and oxygen atoms in total. The zero-order chi connectivity index (χ0) is 8.10. The van der Waals surface area contributed by atoms with Crippen LogP contribution < -0.4 is 5.32 Å². The van der Waals surface area contributed by atoms with Gasteiger partial charge < -0.3 is 5.32 Å². The van der Waals surface area contributed by atoms with Gasteiger partial charge in [-0.3, -0.25) is 0 Å². The molecule has 1 N–H and O–H groups in total. The van der Waals surface area contributed by atoms with Crippen molar-refractivity contribution in [1.82, 2.24) is 5.32 Å². The lowest BCUT2D eigenvalue weighted by Gasteiger charge is -1.96. The molecule has 1 heteroatoms. The molecule has 1 aliphatic heterocycles. The van der Waals surface area contributed by atoms with E-state index in [0.29, 0.717) is 0 Å². The van der Waals surface area contributed by atoms with Crippen LogP contribution in [0.1, 0.15) is 20.3 Å². The van der Waals surface area contributed by atoms with Gasteiger partial charge in [-0.25, -0.2) is 0 Å². The molecule has 1 rings (SSSR count). The fraction of sp³-hybridized carbons (Fsp3) is 0.400. The minimum Gasteiger partial charge on any atom is -0.384 e. The van der Waals surface area contributed by atoms with Gasteiger partial charge in [0.15, 0.2) is 0 Å². The highest BCUT2D eigenvalue weighted by molar-refractivity contribution is 5.35. The van der Waals surface area contributed by atoms with Gasteiger partial charge >= 0.3 is 0 Å². The summed E-state index contributed by atoms with van der Waals surface area (Å²) in [6.07, 6.45) is 9.62. The van der Waals surface area contributed by atoms with Crippen molar-refractivity contribution in [3.63, 3.8) is 0 Å². The first-order valence-corrected chi connectivity index (χ1v) is 4.11. The van der Waals surface area contributed by atoms with Crippen molar-refractivity contribution < 1.29 is 0 Å². The molecule has 1 heterocycles. The Labute approximate surface area is 68.5 Å². The Morgan fingerprint density at radius 2 is 1.91 bits per heavy atom. The molecule has 0 amide bonds. The molecule has 0 bridgehead atoms. The predicted molar refractivity (Wildman–Crippen MR) is 49.3 cm³/mol. The maximum absolute atomic E-state index is 3.33. The van der Waals surface area contributed by atoms with E-state index in [9.17, 15) is 0 Å². The van der Waals surface area contributed by atoms with Crippen LogP contribution in [0.25, 0.3) is 0 Å². The van der Waals surface area contributed by atoms with Crippen LogP contribution in [0, 0.1) is 0 Å². The van der Waals surface area contributed by atoms with Crippen LogP contribution in [0.4, 0.5) is 0 Å². The average molecular weight is 149 g/mol. The fourth-order valence-corrected chi connectivity index (χ4v) is 1.29. The second kappa shape index (κ2) is 4.02. The van der Waals surface area contributed by atoms with Crippen LogP contribution in [-0.4, -0.2) is 6.54 Å². The SMILES string of the molecule is C/C=C\C1=C(/C=C\C)NCC1. The van der Waals surface area contributed by atoms with E-state index in [1.54, 1.807) is 0 Å². The number of nitrogens with one attached hydrogen (secondary N) is 1. The van der Waals surface area contributed by atoms with Crippen LogP contribution in [0.15, 0.2) is 35.6 Å². The van der Waals surface area contributed by atoms with Crippen molar-refractivity contribution in [2.24, 2.45) is 0 Å². The Bertz CT molecular complexity index is 187. The first-order chi connectivity index (χ1) is 5.38. The van der Waals surface area contributed by atoms with Gasteiger partial charge in [-0.15, -0.1) is 0 Å². The monoisotopic (exact) mass is 149 g/mol. The second-order valence-corrected chi connectivity index (χ2v) is 2.62. The summed E-state index contributed by atoms with van der Waals surface area (Å²) in [4.78, 5) is 0. The van der Waals surface area contributed by atoms with Gasteiger partial charge in [0.1, 0.15) is 0 Å². The number of hydrogen-bond donors (Lipinski definition) is 1. The van der Waals surface area contributed by atoms with Crippen LogP contribution in [0.5, 0.6) is 0 Å². The highest BCUT2D eigenvalue weighted by Gasteiger charge is 2.06. The van der Waals surface area contributed by atoms with E-state index in [2.05, 4.69) is 36.5 Å². The molecule has 0 atom stereocenters. The Hall–Kier alpha value is -0.980. The van der Waals surface area contributed by atoms with Crippen molar-refractivity contribution in [2.75, 3.05) is 6.54 Å². The van der Waals surface area contributed by atoms with Gasteiger partial charge in [-0.05, 0) is 31.9 Å². The summed E-state index contributed by atoms with van der Waals surface area (Å²) in [6.45, 7) is 5.18. The van der Waals surface area contributed by atoms with Crippen molar-refractivity contribution in [3.05, 3.63) is 35.6 Å². The third kappa shape index (κ3) is 1.97. The van der Waals surface area contributed by atoms with E-state index in [1.807, 2.05) is 6.92 Å². The van der Waals surface area contributed by atoms with Crippen molar-refractivity contribution in [2.45, 2.75) is 20.3 Å². The van der Waals surface area contributed by atoms with Gasteiger partial charge in [-0.1, -0.05) is 18.2 Å². The summed E-state index contributed by atoms with van der Waals surface area (Å²) in [6, 6.07) is 0. The molecular formula is C10H15N. The topological polar surface area (TPSA) is 12.0 Å². The molecule has 0 saturated heterocycles. The highest BCUT2D eigenvalue weighted by atomic mass is 14.9. The molecule has 0 spiro atoms. The molecule has 0 aromatic carbocycles. The maximum Gasteiger partial charge on any atom is 0.0370 e. The maximum atomic E-state index is 3.33. The first-order valence-electron chi connectivity index (χ1n) is 4.11. The summed E-state index contributed by atoms with van der Waals surface area (Å²) in [7, 11) is 0. The lowest BCUT2D eigenvalue weighted by molar-refractivity contribution is 0.888. The average Bonchev–Trinajstić information content (AvgIpc) is 2.39. The zero-order valence-electron chi connectivity index (χ0n) is 7.22. The smallest absolute Gasteiger partial charge is 0.0370 e. The first kappa shape index (κ1) is 8.12. The third-order valence-corrected chi connectivity index (χ3v) is 1.76. The van der Waals surface area contributed by atoms with E-state index in [-0.39, 0.29) is 0 Å². The van der Waals surface area contributed by atoms with Crippen molar-refractivity contribution >= 4 is 0 Å². The minimum atomic E-state index is 1.08. The Balaban J connectivity index is 2.77.